The van der Waals surface area contributed by atoms with Gasteiger partial charge in [-0.2, -0.15) is 0 Å². The molecule has 5 rings (SSSR count). The van der Waals surface area contributed by atoms with Gasteiger partial charge in [-0.15, -0.1) is 0 Å². The lowest BCUT2D eigenvalue weighted by Gasteiger charge is -2.28. The third-order valence-electron chi connectivity index (χ3n) is 6.33. The van der Waals surface area contributed by atoms with E-state index in [0.717, 1.165) is 57.0 Å². The Kier molecular flexibility index (Phi) is 9.15. The normalized spacial score (nSPS) is 10.2. The van der Waals surface area contributed by atoms with Crippen molar-refractivity contribution >= 4 is 45.5 Å². The van der Waals surface area contributed by atoms with Crippen LogP contribution in [0.1, 0.15) is 13.8 Å². The molecule has 0 unspecified atom stereocenters. The number of rotatable bonds is 8. The fraction of sp³-hybridized carbons (Fsp3) is 0.118. The molecule has 0 saturated heterocycles. The van der Waals surface area contributed by atoms with E-state index >= 15 is 0 Å². The molecule has 204 valence electrons. The maximum Gasteiger partial charge on any atom is 0.119 e. The second kappa shape index (κ2) is 13.1. The molecule has 0 heterocycles. The van der Waals surface area contributed by atoms with Gasteiger partial charge in [0, 0.05) is 45.5 Å². The second-order valence-electron chi connectivity index (χ2n) is 8.77. The number of ether oxygens (including phenoxy) is 2. The summed E-state index contributed by atoms with van der Waals surface area (Å²) in [6, 6.07) is 40.2. The monoisotopic (exact) mass is 532 g/mol. The molecule has 6 heteroatoms. The summed E-state index contributed by atoms with van der Waals surface area (Å²) in [5.41, 5.74) is 19.4. The van der Waals surface area contributed by atoms with Gasteiger partial charge in [-0.25, -0.2) is 0 Å². The summed E-state index contributed by atoms with van der Waals surface area (Å²) < 4.78 is 10.8. The minimum absolute atomic E-state index is 0.718. The van der Waals surface area contributed by atoms with Crippen molar-refractivity contribution in [2.75, 3.05) is 35.5 Å². The molecule has 6 nitrogen and oxygen atoms in total. The topological polar surface area (TPSA) is 77.0 Å². The Morgan fingerprint density at radius 3 is 0.800 bits per heavy atom. The van der Waals surface area contributed by atoms with Crippen molar-refractivity contribution < 1.29 is 9.47 Å². The first-order chi connectivity index (χ1) is 19.6. The molecular weight excluding hydrogens is 496 g/mol. The average molecular weight is 533 g/mol. The molecule has 0 bridgehead atoms. The van der Waals surface area contributed by atoms with E-state index in [4.69, 9.17) is 20.9 Å². The van der Waals surface area contributed by atoms with Crippen LogP contribution < -0.4 is 30.7 Å². The zero-order chi connectivity index (χ0) is 28.5. The molecule has 0 aliphatic rings. The molecule has 0 saturated carbocycles. The van der Waals surface area contributed by atoms with E-state index in [2.05, 4.69) is 34.1 Å². The Bertz CT molecular complexity index is 1370. The fourth-order valence-corrected chi connectivity index (χ4v) is 4.35. The first-order valence-electron chi connectivity index (χ1n) is 13.3. The van der Waals surface area contributed by atoms with Gasteiger partial charge < -0.3 is 30.7 Å². The van der Waals surface area contributed by atoms with Gasteiger partial charge in [0.15, 0.2) is 0 Å². The van der Waals surface area contributed by atoms with Crippen LogP contribution in [-0.2, 0) is 0 Å². The molecular formula is C34H36N4O2. The van der Waals surface area contributed by atoms with Crippen LogP contribution in [0.15, 0.2) is 121 Å². The summed E-state index contributed by atoms with van der Waals surface area (Å²) in [6.07, 6.45) is 0. The quantitative estimate of drug-likeness (QED) is 0.194. The van der Waals surface area contributed by atoms with Gasteiger partial charge in [-0.1, -0.05) is 13.8 Å². The van der Waals surface area contributed by atoms with E-state index in [9.17, 15) is 0 Å². The molecule has 0 fully saturated rings. The highest BCUT2D eigenvalue weighted by Gasteiger charge is 2.16. The van der Waals surface area contributed by atoms with Gasteiger partial charge in [-0.05, 0) is 121 Å². The number of hydrogen-bond donors (Lipinski definition) is 2. The van der Waals surface area contributed by atoms with Gasteiger partial charge in [0.05, 0.1) is 14.2 Å². The third-order valence-corrected chi connectivity index (χ3v) is 6.33. The predicted octanol–water partition coefficient (Wildman–Crippen LogP) is 8.83. The SMILES string of the molecule is CC.COc1ccc(N(c2ccc(OC)cc2)c2ccc(N(c3ccc(N)cc3)c3ccc(N)cc3)cc2)cc1. The fourth-order valence-electron chi connectivity index (χ4n) is 4.35. The van der Waals surface area contributed by atoms with Gasteiger partial charge in [0.25, 0.3) is 0 Å². The number of methoxy groups -OCH3 is 2. The Balaban J connectivity index is 0.00000181. The molecule has 4 N–H and O–H groups in total. The van der Waals surface area contributed by atoms with Crippen molar-refractivity contribution in [3.8, 4) is 11.5 Å². The number of nitrogen functional groups attached to an aromatic ring is 2. The largest absolute Gasteiger partial charge is 0.497 e. The molecule has 0 radical (unpaired) electrons. The maximum absolute atomic E-state index is 5.97. The predicted molar refractivity (Wildman–Crippen MR) is 169 cm³/mol. The summed E-state index contributed by atoms with van der Waals surface area (Å²) in [5, 5.41) is 0. The molecule has 40 heavy (non-hydrogen) atoms. The van der Waals surface area contributed by atoms with Gasteiger partial charge in [0.2, 0.25) is 0 Å². The minimum Gasteiger partial charge on any atom is -0.497 e. The van der Waals surface area contributed by atoms with E-state index < -0.39 is 0 Å². The standard InChI is InChI=1S/C32H30N4O2.C2H6/c1-37-31-19-15-29(16-20-31)36(30-17-21-32(38-2)22-18-30)28-13-11-27(12-14-28)35(25-7-3-23(33)4-8-25)26-9-5-24(34)6-10-26;1-2/h3-22H,33-34H2,1-2H3;1-2H3. The Morgan fingerprint density at radius 1 is 0.375 bits per heavy atom. The first-order valence-corrected chi connectivity index (χ1v) is 13.3. The summed E-state index contributed by atoms with van der Waals surface area (Å²) in [5.74, 6) is 1.61. The Labute approximate surface area is 237 Å². The van der Waals surface area contributed by atoms with Crippen LogP contribution in [0.2, 0.25) is 0 Å². The highest BCUT2D eigenvalue weighted by molar-refractivity contribution is 5.81. The smallest absolute Gasteiger partial charge is 0.119 e. The molecule has 0 aromatic heterocycles. The molecule has 0 aliphatic carbocycles. The number of hydrogen-bond acceptors (Lipinski definition) is 6. The second-order valence-corrected chi connectivity index (χ2v) is 8.77. The zero-order valence-corrected chi connectivity index (χ0v) is 23.4. The molecule has 5 aromatic carbocycles. The van der Waals surface area contributed by atoms with E-state index in [1.54, 1.807) is 14.2 Å². The summed E-state index contributed by atoms with van der Waals surface area (Å²) >= 11 is 0. The molecule has 0 aliphatic heterocycles. The zero-order valence-electron chi connectivity index (χ0n) is 23.4. The van der Waals surface area contributed by atoms with E-state index in [-0.39, 0.29) is 0 Å². The lowest BCUT2D eigenvalue weighted by atomic mass is 10.1. The van der Waals surface area contributed by atoms with E-state index in [1.165, 1.54) is 0 Å². The van der Waals surface area contributed by atoms with Crippen LogP contribution >= 0.6 is 0 Å². The molecule has 0 amide bonds. The van der Waals surface area contributed by atoms with E-state index in [1.807, 2.05) is 111 Å². The maximum atomic E-state index is 5.97. The highest BCUT2D eigenvalue weighted by atomic mass is 16.5. The van der Waals surface area contributed by atoms with Gasteiger partial charge >= 0.3 is 0 Å². The van der Waals surface area contributed by atoms with E-state index in [0.29, 0.717) is 0 Å². The van der Waals surface area contributed by atoms with Crippen LogP contribution in [0, 0.1) is 0 Å². The van der Waals surface area contributed by atoms with Crippen LogP contribution in [0.5, 0.6) is 11.5 Å². The summed E-state index contributed by atoms with van der Waals surface area (Å²) in [6.45, 7) is 4.00. The van der Waals surface area contributed by atoms with Crippen LogP contribution in [0.4, 0.5) is 45.5 Å². The van der Waals surface area contributed by atoms with Crippen molar-refractivity contribution in [2.24, 2.45) is 0 Å². The number of benzene rings is 5. The van der Waals surface area contributed by atoms with Crippen LogP contribution in [0.3, 0.4) is 0 Å². The minimum atomic E-state index is 0.718. The highest BCUT2D eigenvalue weighted by Crippen LogP contribution is 2.40. The third kappa shape index (κ3) is 6.30. The van der Waals surface area contributed by atoms with Crippen LogP contribution in [0.25, 0.3) is 0 Å². The van der Waals surface area contributed by atoms with Gasteiger partial charge in [-0.3, -0.25) is 0 Å². The van der Waals surface area contributed by atoms with Crippen molar-refractivity contribution in [3.05, 3.63) is 121 Å². The number of nitrogens with zero attached hydrogens (tertiary/aromatic N) is 2. The van der Waals surface area contributed by atoms with Crippen molar-refractivity contribution in [1.29, 1.82) is 0 Å². The lowest BCUT2D eigenvalue weighted by Crippen LogP contribution is -2.12. The average Bonchev–Trinajstić information content (AvgIpc) is 3.02. The Morgan fingerprint density at radius 2 is 0.575 bits per heavy atom. The van der Waals surface area contributed by atoms with Gasteiger partial charge in [0.1, 0.15) is 11.5 Å². The van der Waals surface area contributed by atoms with Crippen LogP contribution in [-0.4, -0.2) is 14.2 Å². The Hall–Kier alpha value is -5.10. The molecule has 0 atom stereocenters. The summed E-state index contributed by atoms with van der Waals surface area (Å²) in [4.78, 5) is 4.37. The molecule has 5 aromatic rings. The van der Waals surface area contributed by atoms with Crippen molar-refractivity contribution in [3.63, 3.8) is 0 Å². The molecule has 0 spiro atoms. The summed E-state index contributed by atoms with van der Waals surface area (Å²) in [7, 11) is 3.34. The lowest BCUT2D eigenvalue weighted by molar-refractivity contribution is 0.415. The number of nitrogens with two attached hydrogens (primary N) is 2. The number of anilines is 8. The van der Waals surface area contributed by atoms with Crippen molar-refractivity contribution in [1.82, 2.24) is 0 Å². The first kappa shape index (κ1) is 27.9. The van der Waals surface area contributed by atoms with Crippen molar-refractivity contribution in [2.45, 2.75) is 13.8 Å².